The van der Waals surface area contributed by atoms with E-state index in [1.807, 2.05) is 6.07 Å². The maximum atomic E-state index is 5.37. The van der Waals surface area contributed by atoms with Crippen molar-refractivity contribution in [3.63, 3.8) is 0 Å². The van der Waals surface area contributed by atoms with Gasteiger partial charge in [0, 0.05) is 18.3 Å². The van der Waals surface area contributed by atoms with Crippen molar-refractivity contribution in [2.75, 3.05) is 26.1 Å². The first-order chi connectivity index (χ1) is 8.45. The summed E-state index contributed by atoms with van der Waals surface area (Å²) in [6, 6.07) is 4.13. The molecule has 0 aromatic heterocycles. The van der Waals surface area contributed by atoms with E-state index in [9.17, 15) is 0 Å². The molecule has 1 aliphatic heterocycles. The fourth-order valence-electron chi connectivity index (χ4n) is 2.44. The molecule has 0 radical (unpaired) electrons. The summed E-state index contributed by atoms with van der Waals surface area (Å²) >= 11 is 0. The summed E-state index contributed by atoms with van der Waals surface area (Å²) < 4.78 is 10.7. The third kappa shape index (κ3) is 2.40. The van der Waals surface area contributed by atoms with E-state index in [1.165, 1.54) is 11.3 Å². The average molecular weight is 249 g/mol. The molecule has 1 atom stereocenters. The molecule has 1 aromatic rings. The number of hydrogen-bond donors (Lipinski definition) is 1. The zero-order chi connectivity index (χ0) is 13.3. The predicted molar refractivity (Wildman–Crippen MR) is 74.7 cm³/mol. The lowest BCUT2D eigenvalue weighted by Gasteiger charge is -2.36. The fourth-order valence-corrected chi connectivity index (χ4v) is 2.44. The van der Waals surface area contributed by atoms with E-state index < -0.39 is 0 Å². The Bertz CT molecular complexity index is 435. The topological polar surface area (TPSA) is 30.5 Å². The molecule has 18 heavy (non-hydrogen) atoms. The highest BCUT2D eigenvalue weighted by atomic mass is 16.5. The number of anilines is 1. The number of benzene rings is 1. The van der Waals surface area contributed by atoms with Gasteiger partial charge in [0.05, 0.1) is 14.2 Å². The molecule has 2 rings (SSSR count). The second-order valence-corrected chi connectivity index (χ2v) is 6.01. The summed E-state index contributed by atoms with van der Waals surface area (Å²) in [6.45, 7) is 7.91. The van der Waals surface area contributed by atoms with Gasteiger partial charge in [-0.15, -0.1) is 0 Å². The van der Waals surface area contributed by atoms with E-state index in [4.69, 9.17) is 9.47 Å². The minimum atomic E-state index is 0.317. The Balaban J connectivity index is 2.33. The molecule has 1 aliphatic rings. The SMILES string of the molecule is COc1cc2c(cc1OC)NCC(C(C)(C)C)C2. The molecule has 1 aromatic carbocycles. The van der Waals surface area contributed by atoms with Crippen molar-refractivity contribution >= 4 is 5.69 Å². The van der Waals surface area contributed by atoms with Gasteiger partial charge in [-0.3, -0.25) is 0 Å². The second-order valence-electron chi connectivity index (χ2n) is 6.01. The van der Waals surface area contributed by atoms with Crippen LogP contribution in [0.25, 0.3) is 0 Å². The van der Waals surface area contributed by atoms with Crippen LogP contribution in [-0.2, 0) is 6.42 Å². The number of methoxy groups -OCH3 is 2. The van der Waals surface area contributed by atoms with Crippen molar-refractivity contribution in [2.45, 2.75) is 27.2 Å². The van der Waals surface area contributed by atoms with Crippen molar-refractivity contribution in [3.8, 4) is 11.5 Å². The molecule has 0 saturated carbocycles. The van der Waals surface area contributed by atoms with Crippen molar-refractivity contribution in [1.82, 2.24) is 0 Å². The lowest BCUT2D eigenvalue weighted by molar-refractivity contribution is 0.246. The lowest BCUT2D eigenvalue weighted by atomic mass is 9.75. The van der Waals surface area contributed by atoms with Gasteiger partial charge in [-0.2, -0.15) is 0 Å². The molecule has 0 spiro atoms. The minimum absolute atomic E-state index is 0.317. The molecular weight excluding hydrogens is 226 g/mol. The van der Waals surface area contributed by atoms with Crippen LogP contribution in [0, 0.1) is 11.3 Å². The Morgan fingerprint density at radius 2 is 1.72 bits per heavy atom. The van der Waals surface area contributed by atoms with Crippen molar-refractivity contribution in [1.29, 1.82) is 0 Å². The molecule has 0 bridgehead atoms. The van der Waals surface area contributed by atoms with E-state index >= 15 is 0 Å². The van der Waals surface area contributed by atoms with Gasteiger partial charge < -0.3 is 14.8 Å². The summed E-state index contributed by atoms with van der Waals surface area (Å²) in [7, 11) is 3.35. The second kappa shape index (κ2) is 4.71. The van der Waals surface area contributed by atoms with Crippen molar-refractivity contribution in [2.24, 2.45) is 11.3 Å². The molecule has 0 aliphatic carbocycles. The standard InChI is InChI=1S/C15H23NO2/c1-15(2,3)11-6-10-7-13(17-4)14(18-5)8-12(10)16-9-11/h7-8,11,16H,6,9H2,1-5H3. The van der Waals surface area contributed by atoms with Crippen LogP contribution in [-0.4, -0.2) is 20.8 Å². The molecule has 0 amide bonds. The summed E-state index contributed by atoms with van der Waals surface area (Å²) in [6.07, 6.45) is 1.09. The monoisotopic (exact) mass is 249 g/mol. The Hall–Kier alpha value is -1.38. The molecule has 3 nitrogen and oxygen atoms in total. The van der Waals surface area contributed by atoms with Gasteiger partial charge in [0.15, 0.2) is 11.5 Å². The molecule has 0 fully saturated rings. The van der Waals surface area contributed by atoms with E-state index in [0.717, 1.165) is 24.5 Å². The third-order valence-corrected chi connectivity index (χ3v) is 3.84. The van der Waals surface area contributed by atoms with Gasteiger partial charge in [-0.25, -0.2) is 0 Å². The number of ether oxygens (including phenoxy) is 2. The maximum Gasteiger partial charge on any atom is 0.162 e. The summed E-state index contributed by atoms with van der Waals surface area (Å²) in [4.78, 5) is 0. The van der Waals surface area contributed by atoms with Crippen LogP contribution in [0.3, 0.4) is 0 Å². The van der Waals surface area contributed by atoms with Crippen LogP contribution >= 0.6 is 0 Å². The van der Waals surface area contributed by atoms with Gasteiger partial charge in [0.2, 0.25) is 0 Å². The van der Waals surface area contributed by atoms with Gasteiger partial charge >= 0.3 is 0 Å². The average Bonchev–Trinajstić information content (AvgIpc) is 2.35. The summed E-state index contributed by atoms with van der Waals surface area (Å²) in [5, 5.41) is 3.51. The minimum Gasteiger partial charge on any atom is -0.493 e. The van der Waals surface area contributed by atoms with E-state index in [-0.39, 0.29) is 0 Å². The number of hydrogen-bond acceptors (Lipinski definition) is 3. The quantitative estimate of drug-likeness (QED) is 0.872. The smallest absolute Gasteiger partial charge is 0.162 e. The highest BCUT2D eigenvalue weighted by Gasteiger charge is 2.29. The van der Waals surface area contributed by atoms with E-state index in [1.54, 1.807) is 14.2 Å². The molecule has 1 unspecified atom stereocenters. The van der Waals surface area contributed by atoms with Gasteiger partial charge in [-0.05, 0) is 29.4 Å². The first kappa shape index (κ1) is 13.1. The molecule has 1 heterocycles. The maximum absolute atomic E-state index is 5.37. The van der Waals surface area contributed by atoms with Gasteiger partial charge in [0.25, 0.3) is 0 Å². The Labute approximate surface area is 109 Å². The zero-order valence-electron chi connectivity index (χ0n) is 12.0. The number of rotatable bonds is 2. The van der Waals surface area contributed by atoms with Crippen LogP contribution in [0.2, 0.25) is 0 Å². The fraction of sp³-hybridized carbons (Fsp3) is 0.600. The van der Waals surface area contributed by atoms with Gasteiger partial charge in [-0.1, -0.05) is 20.8 Å². The van der Waals surface area contributed by atoms with Crippen LogP contribution in [0.1, 0.15) is 26.3 Å². The lowest BCUT2D eigenvalue weighted by Crippen LogP contribution is -2.33. The van der Waals surface area contributed by atoms with Crippen molar-refractivity contribution < 1.29 is 9.47 Å². The van der Waals surface area contributed by atoms with Crippen LogP contribution in [0.5, 0.6) is 11.5 Å². The molecule has 0 saturated heterocycles. The van der Waals surface area contributed by atoms with Crippen LogP contribution < -0.4 is 14.8 Å². The Morgan fingerprint density at radius 3 is 2.28 bits per heavy atom. The molecule has 1 N–H and O–H groups in total. The van der Waals surface area contributed by atoms with Crippen molar-refractivity contribution in [3.05, 3.63) is 17.7 Å². The van der Waals surface area contributed by atoms with E-state index in [0.29, 0.717) is 11.3 Å². The Kier molecular flexibility index (Phi) is 3.42. The summed E-state index contributed by atoms with van der Waals surface area (Å²) in [5.41, 5.74) is 2.81. The Morgan fingerprint density at radius 1 is 1.11 bits per heavy atom. The van der Waals surface area contributed by atoms with Crippen LogP contribution in [0.15, 0.2) is 12.1 Å². The predicted octanol–water partition coefficient (Wildman–Crippen LogP) is 3.33. The normalized spacial score (nSPS) is 18.8. The summed E-state index contributed by atoms with van der Waals surface area (Å²) in [5.74, 6) is 2.24. The molecule has 3 heteroatoms. The molecule has 100 valence electrons. The number of nitrogens with one attached hydrogen (secondary N) is 1. The third-order valence-electron chi connectivity index (χ3n) is 3.84. The largest absolute Gasteiger partial charge is 0.493 e. The number of fused-ring (bicyclic) bond motifs is 1. The first-order valence-electron chi connectivity index (χ1n) is 6.44. The van der Waals surface area contributed by atoms with Gasteiger partial charge in [0.1, 0.15) is 0 Å². The highest BCUT2D eigenvalue weighted by molar-refractivity contribution is 5.62. The van der Waals surface area contributed by atoms with Crippen LogP contribution in [0.4, 0.5) is 5.69 Å². The highest BCUT2D eigenvalue weighted by Crippen LogP contribution is 2.40. The zero-order valence-corrected chi connectivity index (χ0v) is 12.0. The van der Waals surface area contributed by atoms with E-state index in [2.05, 4.69) is 32.2 Å². The molecular formula is C15H23NO2. The first-order valence-corrected chi connectivity index (χ1v) is 6.44.